The fourth-order valence-corrected chi connectivity index (χ4v) is 1.24. The third-order valence-electron chi connectivity index (χ3n) is 2.05. The van der Waals surface area contributed by atoms with Crippen LogP contribution in [-0.4, -0.2) is 18.6 Å². The molecule has 0 spiro atoms. The van der Waals surface area contributed by atoms with E-state index in [1.165, 1.54) is 13.0 Å². The van der Waals surface area contributed by atoms with Gasteiger partial charge in [-0.05, 0) is 13.0 Å². The Morgan fingerprint density at radius 1 is 1.57 bits per heavy atom. The average molecular weight is 191 g/mol. The van der Waals surface area contributed by atoms with Gasteiger partial charge in [0.1, 0.15) is 7.85 Å². The molecule has 0 aliphatic heterocycles. The normalized spacial score (nSPS) is 9.79. The molecule has 0 saturated carbocycles. The van der Waals surface area contributed by atoms with Crippen molar-refractivity contribution in [2.45, 2.75) is 13.2 Å². The lowest BCUT2D eigenvalue weighted by molar-refractivity contribution is -0.385. The van der Waals surface area contributed by atoms with E-state index in [0.29, 0.717) is 0 Å². The number of carbonyl (C=O) groups excluding carboxylic acids is 1. The van der Waals surface area contributed by atoms with E-state index >= 15 is 0 Å². The number of ketones is 1. The maximum Gasteiger partial charge on any atom is 0.280 e. The lowest BCUT2D eigenvalue weighted by atomic mass is 9.94. The van der Waals surface area contributed by atoms with Crippen LogP contribution in [0.2, 0.25) is 0 Å². The van der Waals surface area contributed by atoms with Crippen molar-refractivity contribution in [1.29, 1.82) is 0 Å². The number of hydrogen-bond acceptors (Lipinski definition) is 3. The van der Waals surface area contributed by atoms with Crippen LogP contribution in [0.25, 0.3) is 0 Å². The number of nitro groups is 1. The quantitative estimate of drug-likeness (QED) is 0.309. The average Bonchev–Trinajstić information content (AvgIpc) is 2.16. The van der Waals surface area contributed by atoms with Gasteiger partial charge in [-0.1, -0.05) is 17.9 Å². The second kappa shape index (κ2) is 4.04. The first-order valence-electron chi connectivity index (χ1n) is 4.34. The maximum atomic E-state index is 11.1. The van der Waals surface area contributed by atoms with E-state index in [9.17, 15) is 14.9 Å². The topological polar surface area (TPSA) is 60.2 Å². The van der Waals surface area contributed by atoms with Crippen molar-refractivity contribution in [3.63, 3.8) is 0 Å². The van der Waals surface area contributed by atoms with Crippen molar-refractivity contribution in [2.75, 3.05) is 0 Å². The molecule has 1 aromatic rings. The molecule has 0 aromatic heterocycles. The van der Waals surface area contributed by atoms with E-state index < -0.39 is 4.92 Å². The lowest BCUT2D eigenvalue weighted by Gasteiger charge is -2.01. The highest BCUT2D eigenvalue weighted by Crippen LogP contribution is 2.20. The van der Waals surface area contributed by atoms with Crippen molar-refractivity contribution in [1.82, 2.24) is 0 Å². The molecule has 0 saturated heterocycles. The monoisotopic (exact) mass is 191 g/mol. The maximum absolute atomic E-state index is 11.1. The SMILES string of the molecule is BCc1ccc([N+](=O)[O-])c(C(C)=O)c1. The fraction of sp³-hybridized carbons (Fsp3) is 0.222. The Morgan fingerprint density at radius 3 is 2.64 bits per heavy atom. The number of benzene rings is 1. The molecule has 0 aliphatic carbocycles. The first-order valence-corrected chi connectivity index (χ1v) is 4.34. The van der Waals surface area contributed by atoms with Crippen LogP contribution in [0.15, 0.2) is 18.2 Å². The van der Waals surface area contributed by atoms with Crippen molar-refractivity contribution >= 4 is 19.3 Å². The molecular formula is C9H10BNO3. The van der Waals surface area contributed by atoms with Crippen molar-refractivity contribution in [2.24, 2.45) is 0 Å². The number of carbonyl (C=O) groups is 1. The molecular weight excluding hydrogens is 181 g/mol. The molecule has 0 unspecified atom stereocenters. The first kappa shape index (κ1) is 10.4. The fourth-order valence-electron chi connectivity index (χ4n) is 1.24. The summed E-state index contributed by atoms with van der Waals surface area (Å²) < 4.78 is 0. The summed E-state index contributed by atoms with van der Waals surface area (Å²) in [6.45, 7) is 1.34. The molecule has 0 heterocycles. The number of Topliss-reactive ketones (excluding diaryl/α,β-unsaturated/α-hetero) is 1. The van der Waals surface area contributed by atoms with Gasteiger partial charge in [-0.2, -0.15) is 0 Å². The van der Waals surface area contributed by atoms with Gasteiger partial charge in [0.2, 0.25) is 0 Å². The molecule has 0 N–H and O–H groups in total. The number of nitro benzene ring substituents is 1. The summed E-state index contributed by atoms with van der Waals surface area (Å²) in [5.41, 5.74) is 1.00. The molecule has 72 valence electrons. The Bertz CT molecular complexity index is 390. The van der Waals surface area contributed by atoms with Crippen molar-refractivity contribution in [3.05, 3.63) is 39.4 Å². The summed E-state index contributed by atoms with van der Waals surface area (Å²) >= 11 is 0. The summed E-state index contributed by atoms with van der Waals surface area (Å²) in [5, 5.41) is 10.6. The van der Waals surface area contributed by atoms with Gasteiger partial charge >= 0.3 is 0 Å². The van der Waals surface area contributed by atoms with Gasteiger partial charge in [-0.15, -0.1) is 0 Å². The second-order valence-corrected chi connectivity index (χ2v) is 3.02. The molecule has 0 fully saturated rings. The van der Waals surface area contributed by atoms with Crippen LogP contribution in [-0.2, 0) is 6.32 Å². The zero-order valence-corrected chi connectivity index (χ0v) is 8.11. The molecule has 0 atom stereocenters. The predicted octanol–water partition coefficient (Wildman–Crippen LogP) is 0.930. The van der Waals surface area contributed by atoms with E-state index in [1.807, 2.05) is 7.85 Å². The van der Waals surface area contributed by atoms with E-state index in [2.05, 4.69) is 0 Å². The number of nitrogens with zero attached hydrogens (tertiary/aromatic N) is 1. The molecule has 0 radical (unpaired) electrons. The van der Waals surface area contributed by atoms with Gasteiger partial charge in [0.05, 0.1) is 10.5 Å². The zero-order valence-electron chi connectivity index (χ0n) is 8.11. The molecule has 1 aromatic carbocycles. The smallest absolute Gasteiger partial charge is 0.280 e. The van der Waals surface area contributed by atoms with Gasteiger partial charge in [0, 0.05) is 6.07 Å². The number of rotatable bonds is 3. The minimum Gasteiger partial charge on any atom is -0.294 e. The van der Waals surface area contributed by atoms with Gasteiger partial charge < -0.3 is 0 Å². The van der Waals surface area contributed by atoms with Crippen LogP contribution in [0.4, 0.5) is 5.69 Å². The molecule has 4 nitrogen and oxygen atoms in total. The summed E-state index contributed by atoms with van der Waals surface area (Å²) in [7, 11) is 1.94. The highest BCUT2D eigenvalue weighted by Gasteiger charge is 2.16. The van der Waals surface area contributed by atoms with Gasteiger partial charge in [-0.3, -0.25) is 14.9 Å². The van der Waals surface area contributed by atoms with Crippen LogP contribution in [0, 0.1) is 10.1 Å². The van der Waals surface area contributed by atoms with Crippen molar-refractivity contribution in [3.8, 4) is 0 Å². The highest BCUT2D eigenvalue weighted by molar-refractivity contribution is 6.08. The summed E-state index contributed by atoms with van der Waals surface area (Å²) in [6, 6.07) is 4.64. The second-order valence-electron chi connectivity index (χ2n) is 3.02. The first-order chi connectivity index (χ1) is 6.56. The van der Waals surface area contributed by atoms with E-state index in [1.54, 1.807) is 12.1 Å². The van der Waals surface area contributed by atoms with Crippen molar-refractivity contribution < 1.29 is 9.72 Å². The standard InChI is InChI=1S/C9H10BNO3/c1-6(12)8-4-7(5-10)2-3-9(8)11(13)14/h2-4H,5,10H2,1H3. The van der Waals surface area contributed by atoms with E-state index in [0.717, 1.165) is 11.9 Å². The van der Waals surface area contributed by atoms with Crippen LogP contribution >= 0.6 is 0 Å². The molecule has 0 aliphatic rings. The molecule has 1 rings (SSSR count). The summed E-state index contributed by atoms with van der Waals surface area (Å²) in [6.07, 6.45) is 0.762. The lowest BCUT2D eigenvalue weighted by Crippen LogP contribution is -2.01. The predicted molar refractivity (Wildman–Crippen MR) is 55.3 cm³/mol. The summed E-state index contributed by atoms with van der Waals surface area (Å²) in [5.74, 6) is -0.271. The minimum atomic E-state index is -0.532. The van der Waals surface area contributed by atoms with E-state index in [-0.39, 0.29) is 17.0 Å². The Morgan fingerprint density at radius 2 is 2.21 bits per heavy atom. The molecule has 0 bridgehead atoms. The Balaban J connectivity index is 3.31. The van der Waals surface area contributed by atoms with Crippen LogP contribution in [0.5, 0.6) is 0 Å². The third-order valence-corrected chi connectivity index (χ3v) is 2.05. The Labute approximate surface area is 82.5 Å². The zero-order chi connectivity index (χ0) is 10.7. The minimum absolute atomic E-state index is 0.116. The largest absolute Gasteiger partial charge is 0.294 e. The Hall–Kier alpha value is -1.65. The van der Waals surface area contributed by atoms with Crippen LogP contribution in [0.3, 0.4) is 0 Å². The third kappa shape index (κ3) is 1.99. The van der Waals surface area contributed by atoms with Gasteiger partial charge in [0.25, 0.3) is 5.69 Å². The Kier molecular flexibility index (Phi) is 3.01. The van der Waals surface area contributed by atoms with Gasteiger partial charge in [-0.25, -0.2) is 0 Å². The summed E-state index contributed by atoms with van der Waals surface area (Å²) in [4.78, 5) is 21.2. The number of hydrogen-bond donors (Lipinski definition) is 0. The van der Waals surface area contributed by atoms with Crippen LogP contribution < -0.4 is 0 Å². The van der Waals surface area contributed by atoms with E-state index in [4.69, 9.17) is 0 Å². The molecule has 14 heavy (non-hydrogen) atoms. The van der Waals surface area contributed by atoms with Gasteiger partial charge in [0.15, 0.2) is 5.78 Å². The highest BCUT2D eigenvalue weighted by atomic mass is 16.6. The molecule has 5 heteroatoms. The van der Waals surface area contributed by atoms with Crippen LogP contribution in [0.1, 0.15) is 22.8 Å². The molecule has 0 amide bonds.